The van der Waals surface area contributed by atoms with Crippen molar-refractivity contribution < 1.29 is 14.6 Å². The molecule has 3 atom stereocenters. The maximum absolute atomic E-state index is 11.9. The quantitative estimate of drug-likeness (QED) is 0.858. The Morgan fingerprint density at radius 2 is 2.08 bits per heavy atom. The monoisotopic (exact) mass is 346 g/mol. The minimum Gasteiger partial charge on any atom is -0.494 e. The third-order valence-electron chi connectivity index (χ3n) is 5.84. The van der Waals surface area contributed by atoms with Crippen LogP contribution in [0.15, 0.2) is 18.2 Å². The first-order chi connectivity index (χ1) is 12.0. The maximum Gasteiger partial charge on any atom is 0.222 e. The van der Waals surface area contributed by atoms with Crippen LogP contribution in [0.5, 0.6) is 5.75 Å². The van der Waals surface area contributed by atoms with Gasteiger partial charge in [0.2, 0.25) is 5.91 Å². The summed E-state index contributed by atoms with van der Waals surface area (Å²) >= 11 is 0. The summed E-state index contributed by atoms with van der Waals surface area (Å²) in [7, 11) is 4.09. The van der Waals surface area contributed by atoms with Crippen molar-refractivity contribution in [3.63, 3.8) is 0 Å². The third kappa shape index (κ3) is 3.98. The van der Waals surface area contributed by atoms with Crippen molar-refractivity contribution in [2.75, 3.05) is 27.2 Å². The lowest BCUT2D eigenvalue weighted by atomic mass is 9.88. The van der Waals surface area contributed by atoms with Crippen molar-refractivity contribution in [1.82, 2.24) is 9.80 Å². The van der Waals surface area contributed by atoms with E-state index in [1.807, 2.05) is 31.0 Å². The van der Waals surface area contributed by atoms with Gasteiger partial charge < -0.3 is 14.7 Å². The fourth-order valence-corrected chi connectivity index (χ4v) is 4.42. The molecule has 5 heteroatoms. The van der Waals surface area contributed by atoms with Crippen molar-refractivity contribution in [3.05, 3.63) is 29.3 Å². The van der Waals surface area contributed by atoms with Crippen LogP contribution >= 0.6 is 0 Å². The number of likely N-dealkylation sites (tertiary alicyclic amines) is 1. The van der Waals surface area contributed by atoms with E-state index >= 15 is 0 Å². The van der Waals surface area contributed by atoms with Crippen LogP contribution in [0.3, 0.4) is 0 Å². The maximum atomic E-state index is 11.9. The zero-order valence-electron chi connectivity index (χ0n) is 15.6. The first-order valence-electron chi connectivity index (χ1n) is 9.31. The standard InChI is InChI=1S/C20H30N2O3/c1-4-25-19-6-5-14(7-17(19)13-23)11-21(2)18-8-15-10-20(24)22(3)12-16(15)9-18/h5-7,15-16,18,23H,4,8-13H2,1-3H3/t15-,16+,18-/m1/s1. The minimum absolute atomic E-state index is 0.00505. The number of fused-ring (bicyclic) bond motifs is 1. The van der Waals surface area contributed by atoms with Crippen LogP contribution in [0.2, 0.25) is 0 Å². The van der Waals surface area contributed by atoms with E-state index < -0.39 is 0 Å². The number of hydrogen-bond acceptors (Lipinski definition) is 4. The second-order valence-corrected chi connectivity index (χ2v) is 7.57. The van der Waals surface area contributed by atoms with Crippen molar-refractivity contribution in [2.24, 2.45) is 11.8 Å². The highest BCUT2D eigenvalue weighted by molar-refractivity contribution is 5.77. The molecule has 0 spiro atoms. The Morgan fingerprint density at radius 1 is 1.32 bits per heavy atom. The topological polar surface area (TPSA) is 53.0 Å². The molecule has 0 unspecified atom stereocenters. The van der Waals surface area contributed by atoms with Gasteiger partial charge in [0.25, 0.3) is 0 Å². The summed E-state index contributed by atoms with van der Waals surface area (Å²) in [6.45, 7) is 4.31. The summed E-state index contributed by atoms with van der Waals surface area (Å²) in [6.07, 6.45) is 3.00. The number of aliphatic hydroxyl groups excluding tert-OH is 1. The highest BCUT2D eigenvalue weighted by atomic mass is 16.5. The van der Waals surface area contributed by atoms with Gasteiger partial charge in [0.1, 0.15) is 5.75 Å². The zero-order chi connectivity index (χ0) is 18.0. The fraction of sp³-hybridized carbons (Fsp3) is 0.650. The molecule has 5 nitrogen and oxygen atoms in total. The summed E-state index contributed by atoms with van der Waals surface area (Å²) in [5.74, 6) is 2.25. The van der Waals surface area contributed by atoms with Crippen molar-refractivity contribution in [1.29, 1.82) is 0 Å². The van der Waals surface area contributed by atoms with Gasteiger partial charge in [0, 0.05) is 38.2 Å². The molecule has 0 radical (unpaired) electrons. The van der Waals surface area contributed by atoms with E-state index in [0.29, 0.717) is 36.8 Å². The lowest BCUT2D eigenvalue weighted by molar-refractivity contribution is -0.134. The summed E-state index contributed by atoms with van der Waals surface area (Å²) in [6, 6.07) is 6.61. The highest BCUT2D eigenvalue weighted by Gasteiger charge is 2.41. The van der Waals surface area contributed by atoms with Gasteiger partial charge in [-0.3, -0.25) is 9.69 Å². The van der Waals surface area contributed by atoms with Crippen LogP contribution in [0.1, 0.15) is 37.3 Å². The van der Waals surface area contributed by atoms with Crippen LogP contribution < -0.4 is 4.74 Å². The molecule has 1 saturated heterocycles. The van der Waals surface area contributed by atoms with Gasteiger partial charge in [-0.05, 0) is 56.3 Å². The number of piperidine rings is 1. The summed E-state index contributed by atoms with van der Waals surface area (Å²) in [5, 5.41) is 9.57. The largest absolute Gasteiger partial charge is 0.494 e. The Kier molecular flexibility index (Phi) is 5.64. The fourth-order valence-electron chi connectivity index (χ4n) is 4.42. The Morgan fingerprint density at radius 3 is 2.80 bits per heavy atom. The molecule has 138 valence electrons. The van der Waals surface area contributed by atoms with Crippen molar-refractivity contribution in [2.45, 2.75) is 45.4 Å². The molecule has 25 heavy (non-hydrogen) atoms. The molecule has 1 amide bonds. The van der Waals surface area contributed by atoms with Gasteiger partial charge in [-0.15, -0.1) is 0 Å². The smallest absolute Gasteiger partial charge is 0.222 e. The molecule has 1 heterocycles. The Hall–Kier alpha value is -1.59. The summed E-state index contributed by atoms with van der Waals surface area (Å²) in [5.41, 5.74) is 2.04. The molecule has 2 aliphatic rings. The van der Waals surface area contributed by atoms with E-state index in [9.17, 15) is 9.90 Å². The normalized spacial score (nSPS) is 26.2. The average Bonchev–Trinajstić information content (AvgIpc) is 2.99. The van der Waals surface area contributed by atoms with E-state index in [2.05, 4.69) is 18.0 Å². The molecular weight excluding hydrogens is 316 g/mol. The second kappa shape index (κ2) is 7.75. The third-order valence-corrected chi connectivity index (χ3v) is 5.84. The van der Waals surface area contributed by atoms with Gasteiger partial charge in [-0.25, -0.2) is 0 Å². The lowest BCUT2D eigenvalue weighted by Gasteiger charge is -2.31. The van der Waals surface area contributed by atoms with Gasteiger partial charge >= 0.3 is 0 Å². The molecule has 0 bridgehead atoms. The molecule has 1 N–H and O–H groups in total. The Bertz CT molecular complexity index is 619. The number of ether oxygens (including phenoxy) is 1. The molecule has 1 aliphatic heterocycles. The van der Waals surface area contributed by atoms with Crippen LogP contribution in [-0.4, -0.2) is 54.1 Å². The first kappa shape index (κ1) is 18.2. The first-order valence-corrected chi connectivity index (χ1v) is 9.31. The van der Waals surface area contributed by atoms with Gasteiger partial charge in [-0.1, -0.05) is 6.07 Å². The molecule has 3 rings (SSSR count). The van der Waals surface area contributed by atoms with Crippen LogP contribution in [-0.2, 0) is 17.9 Å². The van der Waals surface area contributed by atoms with Crippen molar-refractivity contribution >= 4 is 5.91 Å². The number of carbonyl (C=O) groups excluding carboxylic acids is 1. The molecule has 1 saturated carbocycles. The predicted molar refractivity (Wildman–Crippen MR) is 97.3 cm³/mol. The number of carbonyl (C=O) groups is 1. The zero-order valence-corrected chi connectivity index (χ0v) is 15.6. The number of amides is 1. The number of rotatable bonds is 6. The van der Waals surface area contributed by atoms with E-state index in [1.54, 1.807) is 0 Å². The van der Waals surface area contributed by atoms with Crippen LogP contribution in [0.25, 0.3) is 0 Å². The number of hydrogen-bond donors (Lipinski definition) is 1. The van der Waals surface area contributed by atoms with Crippen LogP contribution in [0.4, 0.5) is 0 Å². The van der Waals surface area contributed by atoms with Crippen LogP contribution in [0, 0.1) is 11.8 Å². The van der Waals surface area contributed by atoms with E-state index in [1.165, 1.54) is 12.0 Å². The average molecular weight is 346 g/mol. The molecule has 1 aromatic rings. The molecule has 1 aliphatic carbocycles. The number of nitrogens with zero attached hydrogens (tertiary/aromatic N) is 2. The molecule has 2 fully saturated rings. The molecule has 0 aromatic heterocycles. The van der Waals surface area contributed by atoms with E-state index in [-0.39, 0.29) is 6.61 Å². The van der Waals surface area contributed by atoms with Gasteiger partial charge in [0.05, 0.1) is 13.2 Å². The van der Waals surface area contributed by atoms with Gasteiger partial charge in [0.15, 0.2) is 0 Å². The molecule has 1 aromatic carbocycles. The Labute approximate surface area is 150 Å². The minimum atomic E-state index is -0.00505. The highest BCUT2D eigenvalue weighted by Crippen LogP contribution is 2.40. The lowest BCUT2D eigenvalue weighted by Crippen LogP contribution is -2.39. The van der Waals surface area contributed by atoms with Crippen molar-refractivity contribution in [3.8, 4) is 5.75 Å². The number of benzene rings is 1. The van der Waals surface area contributed by atoms with E-state index in [0.717, 1.165) is 30.8 Å². The summed E-state index contributed by atoms with van der Waals surface area (Å²) in [4.78, 5) is 16.2. The molecular formula is C20H30N2O3. The van der Waals surface area contributed by atoms with Gasteiger partial charge in [-0.2, -0.15) is 0 Å². The number of aliphatic hydroxyl groups is 1. The van der Waals surface area contributed by atoms with E-state index in [4.69, 9.17) is 4.74 Å². The summed E-state index contributed by atoms with van der Waals surface area (Å²) < 4.78 is 5.56. The second-order valence-electron chi connectivity index (χ2n) is 7.57. The SMILES string of the molecule is CCOc1ccc(CN(C)[C@@H]2C[C@@H]3CC(=O)N(C)C[C@@H]3C2)cc1CO. The predicted octanol–water partition coefficient (Wildman–Crippen LogP) is 2.27. The Balaban J connectivity index is 1.63.